The van der Waals surface area contributed by atoms with Crippen LogP contribution in [0.4, 0.5) is 0 Å². The number of thiazole rings is 1. The summed E-state index contributed by atoms with van der Waals surface area (Å²) >= 11 is 1.60. The number of rotatable bonds is 6. The average molecular weight is 262 g/mol. The molecule has 0 radical (unpaired) electrons. The highest BCUT2D eigenvalue weighted by Crippen LogP contribution is 2.17. The van der Waals surface area contributed by atoms with E-state index in [-0.39, 0.29) is 17.8 Å². The molecule has 16 heavy (non-hydrogen) atoms. The van der Waals surface area contributed by atoms with Gasteiger partial charge in [0.05, 0.1) is 11.3 Å². The Bertz CT molecular complexity index is 400. The van der Waals surface area contributed by atoms with Gasteiger partial charge in [0, 0.05) is 29.4 Å². The van der Waals surface area contributed by atoms with Gasteiger partial charge in [0.15, 0.2) is 0 Å². The van der Waals surface area contributed by atoms with E-state index in [0.717, 1.165) is 0 Å². The summed E-state index contributed by atoms with van der Waals surface area (Å²) in [5.41, 5.74) is 1.80. The highest BCUT2D eigenvalue weighted by molar-refractivity contribution is 7.90. The minimum absolute atomic E-state index is 0.187. The Labute approximate surface area is 101 Å². The van der Waals surface area contributed by atoms with E-state index in [1.807, 2.05) is 13.1 Å². The van der Waals surface area contributed by atoms with E-state index in [2.05, 4.69) is 17.2 Å². The maximum absolute atomic E-state index is 11.0. The maximum Gasteiger partial charge on any atom is 0.147 e. The van der Waals surface area contributed by atoms with Crippen molar-refractivity contribution in [3.05, 3.63) is 16.6 Å². The number of hydrogen-bond donors (Lipinski definition) is 1. The SMILES string of the molecule is CC(CCS(C)(=O)=O)NC(C)c1cncs1. The molecule has 0 saturated carbocycles. The fraction of sp³-hybridized carbons (Fsp3) is 0.700. The second-order valence-electron chi connectivity index (χ2n) is 4.11. The van der Waals surface area contributed by atoms with Crippen molar-refractivity contribution in [3.63, 3.8) is 0 Å². The molecule has 0 amide bonds. The molecule has 0 saturated heterocycles. The Morgan fingerprint density at radius 1 is 1.50 bits per heavy atom. The predicted molar refractivity (Wildman–Crippen MR) is 67.5 cm³/mol. The first-order valence-electron chi connectivity index (χ1n) is 5.20. The maximum atomic E-state index is 11.0. The largest absolute Gasteiger partial charge is 0.307 e. The van der Waals surface area contributed by atoms with Crippen molar-refractivity contribution in [1.82, 2.24) is 10.3 Å². The van der Waals surface area contributed by atoms with Crippen molar-refractivity contribution in [2.45, 2.75) is 32.4 Å². The second kappa shape index (κ2) is 5.75. The van der Waals surface area contributed by atoms with Crippen LogP contribution in [0.5, 0.6) is 0 Å². The number of hydrogen-bond acceptors (Lipinski definition) is 5. The van der Waals surface area contributed by atoms with Crippen LogP contribution >= 0.6 is 11.3 Å². The van der Waals surface area contributed by atoms with Gasteiger partial charge in [0.1, 0.15) is 9.84 Å². The molecule has 2 atom stereocenters. The van der Waals surface area contributed by atoms with Crippen molar-refractivity contribution in [2.24, 2.45) is 0 Å². The van der Waals surface area contributed by atoms with Gasteiger partial charge < -0.3 is 5.32 Å². The molecule has 0 spiro atoms. The minimum atomic E-state index is -2.86. The lowest BCUT2D eigenvalue weighted by molar-refractivity contribution is 0.472. The van der Waals surface area contributed by atoms with E-state index < -0.39 is 9.84 Å². The van der Waals surface area contributed by atoms with E-state index in [4.69, 9.17) is 0 Å². The summed E-state index contributed by atoms with van der Waals surface area (Å²) in [5.74, 6) is 0.233. The molecule has 6 heteroatoms. The lowest BCUT2D eigenvalue weighted by atomic mass is 10.2. The lowest BCUT2D eigenvalue weighted by Crippen LogP contribution is -2.30. The monoisotopic (exact) mass is 262 g/mol. The van der Waals surface area contributed by atoms with E-state index in [0.29, 0.717) is 6.42 Å². The molecule has 0 aliphatic heterocycles. The molecule has 1 aromatic rings. The Morgan fingerprint density at radius 2 is 2.19 bits per heavy atom. The molecule has 0 bridgehead atoms. The van der Waals surface area contributed by atoms with Crippen LogP contribution in [0.3, 0.4) is 0 Å². The fourth-order valence-corrected chi connectivity index (χ4v) is 2.84. The summed E-state index contributed by atoms with van der Waals surface area (Å²) in [6, 6.07) is 0.411. The van der Waals surface area contributed by atoms with Gasteiger partial charge in [0.2, 0.25) is 0 Å². The van der Waals surface area contributed by atoms with Crippen molar-refractivity contribution in [3.8, 4) is 0 Å². The van der Waals surface area contributed by atoms with Crippen molar-refractivity contribution in [1.29, 1.82) is 0 Å². The topological polar surface area (TPSA) is 59.1 Å². The predicted octanol–water partition coefficient (Wildman–Crippen LogP) is 1.62. The van der Waals surface area contributed by atoms with Crippen LogP contribution in [0.1, 0.15) is 31.2 Å². The number of aromatic nitrogens is 1. The molecular formula is C10H18N2O2S2. The first kappa shape index (κ1) is 13.6. The molecule has 1 heterocycles. The number of nitrogens with zero attached hydrogens (tertiary/aromatic N) is 1. The molecule has 1 rings (SSSR count). The molecule has 92 valence electrons. The normalized spacial score (nSPS) is 15.9. The number of sulfone groups is 1. The summed E-state index contributed by atoms with van der Waals surface area (Å²) in [4.78, 5) is 5.19. The lowest BCUT2D eigenvalue weighted by Gasteiger charge is -2.18. The first-order valence-corrected chi connectivity index (χ1v) is 8.14. The third kappa shape index (κ3) is 5.05. The fourth-order valence-electron chi connectivity index (χ4n) is 1.42. The van der Waals surface area contributed by atoms with Crippen molar-refractivity contribution < 1.29 is 8.42 Å². The standard InChI is InChI=1S/C10H18N2O2S2/c1-8(4-5-16(3,13)14)12-9(2)10-6-11-7-15-10/h6-9,12H,4-5H2,1-3H3. The van der Waals surface area contributed by atoms with Gasteiger partial charge in [-0.3, -0.25) is 4.98 Å². The molecule has 0 aromatic carbocycles. The summed E-state index contributed by atoms with van der Waals surface area (Å²) in [7, 11) is -2.86. The zero-order valence-electron chi connectivity index (χ0n) is 9.80. The minimum Gasteiger partial charge on any atom is -0.307 e. The third-order valence-corrected chi connectivity index (χ3v) is 4.27. The average Bonchev–Trinajstić information content (AvgIpc) is 2.66. The van der Waals surface area contributed by atoms with Crippen LogP contribution in [0, 0.1) is 0 Å². The van der Waals surface area contributed by atoms with E-state index in [9.17, 15) is 8.42 Å². The van der Waals surface area contributed by atoms with Gasteiger partial charge in [-0.2, -0.15) is 0 Å². The van der Waals surface area contributed by atoms with Crippen LogP contribution < -0.4 is 5.32 Å². The van der Waals surface area contributed by atoms with Gasteiger partial charge in [-0.1, -0.05) is 0 Å². The Morgan fingerprint density at radius 3 is 2.69 bits per heavy atom. The zero-order chi connectivity index (χ0) is 12.2. The van der Waals surface area contributed by atoms with E-state index in [1.54, 1.807) is 16.8 Å². The van der Waals surface area contributed by atoms with Gasteiger partial charge in [-0.25, -0.2) is 8.42 Å². The molecule has 0 aliphatic rings. The molecule has 4 nitrogen and oxygen atoms in total. The highest BCUT2D eigenvalue weighted by Gasteiger charge is 2.12. The van der Waals surface area contributed by atoms with Crippen LogP contribution in [-0.4, -0.2) is 31.5 Å². The number of nitrogens with one attached hydrogen (secondary N) is 1. The van der Waals surface area contributed by atoms with Gasteiger partial charge >= 0.3 is 0 Å². The van der Waals surface area contributed by atoms with Gasteiger partial charge in [-0.05, 0) is 20.3 Å². The van der Waals surface area contributed by atoms with Crippen molar-refractivity contribution >= 4 is 21.2 Å². The molecule has 1 aromatic heterocycles. The molecule has 0 fully saturated rings. The Kier molecular flexibility index (Phi) is 4.89. The van der Waals surface area contributed by atoms with Crippen LogP contribution in [0.15, 0.2) is 11.7 Å². The summed E-state index contributed by atoms with van der Waals surface area (Å²) < 4.78 is 22.0. The summed E-state index contributed by atoms with van der Waals surface area (Å²) in [6.45, 7) is 4.06. The Balaban J connectivity index is 2.37. The van der Waals surface area contributed by atoms with Crippen LogP contribution in [-0.2, 0) is 9.84 Å². The smallest absolute Gasteiger partial charge is 0.147 e. The van der Waals surface area contributed by atoms with E-state index >= 15 is 0 Å². The van der Waals surface area contributed by atoms with Crippen LogP contribution in [0.2, 0.25) is 0 Å². The second-order valence-corrected chi connectivity index (χ2v) is 7.29. The molecule has 1 N–H and O–H groups in total. The van der Waals surface area contributed by atoms with Gasteiger partial charge in [0.25, 0.3) is 0 Å². The first-order chi connectivity index (χ1) is 7.38. The Hall–Kier alpha value is -0.460. The molecule has 2 unspecified atom stereocenters. The summed E-state index contributed by atoms with van der Waals surface area (Å²) in [6.07, 6.45) is 3.75. The van der Waals surface area contributed by atoms with Crippen LogP contribution in [0.25, 0.3) is 0 Å². The highest BCUT2D eigenvalue weighted by atomic mass is 32.2. The quantitative estimate of drug-likeness (QED) is 0.846. The van der Waals surface area contributed by atoms with Crippen molar-refractivity contribution in [2.75, 3.05) is 12.0 Å². The van der Waals surface area contributed by atoms with Gasteiger partial charge in [-0.15, -0.1) is 11.3 Å². The molecule has 0 aliphatic carbocycles. The van der Waals surface area contributed by atoms with E-state index in [1.165, 1.54) is 11.1 Å². The summed E-state index contributed by atoms with van der Waals surface area (Å²) in [5, 5.41) is 3.36. The zero-order valence-corrected chi connectivity index (χ0v) is 11.4. The molecular weight excluding hydrogens is 244 g/mol. The third-order valence-electron chi connectivity index (χ3n) is 2.33.